The molecule has 3 saturated heterocycles. The van der Waals surface area contributed by atoms with Crippen LogP contribution in [0, 0.1) is 17.8 Å². The molecule has 2 bridgehead atoms. The first-order valence-corrected chi connectivity index (χ1v) is 15.5. The minimum Gasteiger partial charge on any atom is -0.396 e. The Labute approximate surface area is 241 Å². The SMILES string of the molecule is C=CCN(CCC)C(=O)[C@@H]1[C@H]2C(=O)N(CCCCCCO)C(C(=O)N(CC=C)C(C)CCC)C23CC(C)[C@@]1(C)O3. The highest BCUT2D eigenvalue weighted by Gasteiger charge is 2.80. The lowest BCUT2D eigenvalue weighted by molar-refractivity contribution is -0.155. The largest absolute Gasteiger partial charge is 0.396 e. The summed E-state index contributed by atoms with van der Waals surface area (Å²) in [5.74, 6) is -1.64. The molecule has 1 N–H and O–H groups in total. The van der Waals surface area contributed by atoms with Gasteiger partial charge in [0.05, 0.1) is 17.4 Å². The van der Waals surface area contributed by atoms with Gasteiger partial charge >= 0.3 is 0 Å². The first kappa shape index (κ1) is 32.3. The second-order valence-electron chi connectivity index (χ2n) is 12.4. The first-order chi connectivity index (χ1) is 19.1. The summed E-state index contributed by atoms with van der Waals surface area (Å²) in [6.07, 6.45) is 9.80. The number of rotatable bonds is 17. The van der Waals surface area contributed by atoms with Gasteiger partial charge in [-0.2, -0.15) is 0 Å². The molecule has 3 rings (SSSR count). The number of nitrogens with zero attached hydrogens (tertiary/aromatic N) is 3. The summed E-state index contributed by atoms with van der Waals surface area (Å²) in [7, 11) is 0. The molecule has 7 atom stereocenters. The number of fused-ring (bicyclic) bond motifs is 1. The second-order valence-corrected chi connectivity index (χ2v) is 12.4. The molecule has 226 valence electrons. The van der Waals surface area contributed by atoms with E-state index in [2.05, 4.69) is 33.9 Å². The van der Waals surface area contributed by atoms with Gasteiger partial charge in [-0.05, 0) is 51.9 Å². The Hall–Kier alpha value is -2.19. The molecule has 40 heavy (non-hydrogen) atoms. The fourth-order valence-electron chi connectivity index (χ4n) is 7.65. The van der Waals surface area contributed by atoms with Crippen LogP contribution in [0.2, 0.25) is 0 Å². The number of likely N-dealkylation sites (tertiary alicyclic amines) is 1. The third-order valence-electron chi connectivity index (χ3n) is 9.62. The van der Waals surface area contributed by atoms with Gasteiger partial charge in [-0.25, -0.2) is 0 Å². The monoisotopic (exact) mass is 559 g/mol. The number of aliphatic hydroxyl groups is 1. The summed E-state index contributed by atoms with van der Waals surface area (Å²) in [5, 5.41) is 9.19. The molecule has 0 saturated carbocycles. The summed E-state index contributed by atoms with van der Waals surface area (Å²) >= 11 is 0. The van der Waals surface area contributed by atoms with Crippen molar-refractivity contribution in [1.82, 2.24) is 14.7 Å². The van der Waals surface area contributed by atoms with Crippen molar-refractivity contribution >= 4 is 17.7 Å². The van der Waals surface area contributed by atoms with Crippen molar-refractivity contribution in [3.8, 4) is 0 Å². The number of carbonyl (C=O) groups excluding carboxylic acids is 3. The molecule has 0 aromatic rings. The molecule has 8 heteroatoms. The van der Waals surface area contributed by atoms with Crippen molar-refractivity contribution in [1.29, 1.82) is 0 Å². The van der Waals surface area contributed by atoms with Crippen LogP contribution in [0.5, 0.6) is 0 Å². The van der Waals surface area contributed by atoms with E-state index in [1.807, 2.05) is 18.7 Å². The Morgan fingerprint density at radius 3 is 2.40 bits per heavy atom. The van der Waals surface area contributed by atoms with Gasteiger partial charge in [0.2, 0.25) is 17.7 Å². The molecule has 3 aliphatic rings. The highest BCUT2D eigenvalue weighted by atomic mass is 16.5. The number of aliphatic hydroxyl groups excluding tert-OH is 1. The summed E-state index contributed by atoms with van der Waals surface area (Å²) < 4.78 is 6.93. The van der Waals surface area contributed by atoms with E-state index in [4.69, 9.17) is 4.74 Å². The number of amides is 3. The Morgan fingerprint density at radius 1 is 1.12 bits per heavy atom. The van der Waals surface area contributed by atoms with E-state index in [-0.39, 0.29) is 36.3 Å². The smallest absolute Gasteiger partial charge is 0.248 e. The molecular weight excluding hydrogens is 506 g/mol. The first-order valence-electron chi connectivity index (χ1n) is 15.5. The van der Waals surface area contributed by atoms with Crippen molar-refractivity contribution in [2.75, 3.05) is 32.8 Å². The molecule has 0 aliphatic carbocycles. The normalized spacial score (nSPS) is 31.2. The van der Waals surface area contributed by atoms with Crippen LogP contribution >= 0.6 is 0 Å². The zero-order chi connectivity index (χ0) is 29.7. The number of hydrogen-bond donors (Lipinski definition) is 1. The zero-order valence-electron chi connectivity index (χ0n) is 25.6. The lowest BCUT2D eigenvalue weighted by atomic mass is 9.62. The van der Waals surface area contributed by atoms with Gasteiger partial charge in [-0.15, -0.1) is 13.2 Å². The van der Waals surface area contributed by atoms with Crippen LogP contribution in [-0.4, -0.2) is 93.6 Å². The number of unbranched alkanes of at least 4 members (excludes halogenated alkanes) is 3. The summed E-state index contributed by atoms with van der Waals surface area (Å²) in [5.41, 5.74) is -1.86. The fraction of sp³-hybridized carbons (Fsp3) is 0.781. The van der Waals surface area contributed by atoms with Crippen LogP contribution in [0.3, 0.4) is 0 Å². The molecule has 0 aromatic heterocycles. The molecule has 8 nitrogen and oxygen atoms in total. The molecule has 3 fully saturated rings. The van der Waals surface area contributed by atoms with E-state index >= 15 is 0 Å². The van der Waals surface area contributed by atoms with Crippen molar-refractivity contribution in [3.05, 3.63) is 25.3 Å². The average molecular weight is 560 g/mol. The fourth-order valence-corrected chi connectivity index (χ4v) is 7.65. The molecule has 3 heterocycles. The molecule has 3 aliphatic heterocycles. The number of ether oxygens (including phenoxy) is 1. The Balaban J connectivity index is 2.07. The lowest BCUT2D eigenvalue weighted by Gasteiger charge is -2.39. The maximum atomic E-state index is 14.6. The minimum atomic E-state index is -1.04. The third-order valence-corrected chi connectivity index (χ3v) is 9.62. The van der Waals surface area contributed by atoms with E-state index < -0.39 is 29.1 Å². The number of hydrogen-bond acceptors (Lipinski definition) is 5. The summed E-state index contributed by atoms with van der Waals surface area (Å²) in [6.45, 7) is 20.0. The summed E-state index contributed by atoms with van der Waals surface area (Å²) in [4.78, 5) is 48.5. The topological polar surface area (TPSA) is 90.4 Å². The highest BCUT2D eigenvalue weighted by molar-refractivity contribution is 5.99. The highest BCUT2D eigenvalue weighted by Crippen LogP contribution is 2.65. The van der Waals surface area contributed by atoms with Crippen LogP contribution in [0.15, 0.2) is 25.3 Å². The quantitative estimate of drug-likeness (QED) is 0.213. The van der Waals surface area contributed by atoms with Gasteiger partial charge in [-0.3, -0.25) is 14.4 Å². The lowest BCUT2D eigenvalue weighted by Crippen LogP contribution is -2.58. The van der Waals surface area contributed by atoms with Crippen molar-refractivity contribution < 1.29 is 24.2 Å². The van der Waals surface area contributed by atoms with Gasteiger partial charge in [0.15, 0.2) is 0 Å². The van der Waals surface area contributed by atoms with Crippen molar-refractivity contribution in [2.45, 2.75) is 109 Å². The van der Waals surface area contributed by atoms with E-state index in [0.717, 1.165) is 44.9 Å². The maximum absolute atomic E-state index is 14.6. The standard InChI is InChI=1S/C32H53N3O5/c1-8-16-24(6)34(19-11-4)30(39)27-32-22-23(5)31(7,40-32)25(28(37)33(17-9-2)18-10-3)26(32)29(38)35(27)20-14-12-13-15-21-36/h9,11,23-27,36H,2,4,8,10,12-22H2,1,3,5-7H3/t23?,24?,25-,26-,27?,31+,32?/m0/s1. The Kier molecular flexibility index (Phi) is 11.0. The maximum Gasteiger partial charge on any atom is 0.248 e. The van der Waals surface area contributed by atoms with E-state index in [1.165, 1.54) is 0 Å². The molecular formula is C32H53N3O5. The van der Waals surface area contributed by atoms with Crippen LogP contribution in [0.4, 0.5) is 0 Å². The van der Waals surface area contributed by atoms with Crippen LogP contribution in [0.25, 0.3) is 0 Å². The van der Waals surface area contributed by atoms with Crippen LogP contribution in [-0.2, 0) is 19.1 Å². The molecule has 4 unspecified atom stereocenters. The van der Waals surface area contributed by atoms with E-state index in [9.17, 15) is 19.5 Å². The van der Waals surface area contributed by atoms with Gasteiger partial charge in [0.1, 0.15) is 11.6 Å². The van der Waals surface area contributed by atoms with Crippen molar-refractivity contribution in [2.24, 2.45) is 17.8 Å². The van der Waals surface area contributed by atoms with E-state index in [1.54, 1.807) is 22.0 Å². The van der Waals surface area contributed by atoms with Gasteiger partial charge in [0, 0.05) is 38.8 Å². The summed E-state index contributed by atoms with van der Waals surface area (Å²) in [6, 6.07) is -0.785. The Morgan fingerprint density at radius 2 is 1.80 bits per heavy atom. The third kappa shape index (κ3) is 5.63. The average Bonchev–Trinajstić information content (AvgIpc) is 3.43. The Bertz CT molecular complexity index is 940. The molecule has 0 radical (unpaired) electrons. The molecule has 3 amide bonds. The van der Waals surface area contributed by atoms with E-state index in [0.29, 0.717) is 32.6 Å². The van der Waals surface area contributed by atoms with Crippen molar-refractivity contribution in [3.63, 3.8) is 0 Å². The molecule has 0 aromatic carbocycles. The second kappa shape index (κ2) is 13.6. The van der Waals surface area contributed by atoms with Crippen LogP contribution < -0.4 is 0 Å². The number of carbonyl (C=O) groups is 3. The predicted octanol–water partition coefficient (Wildman–Crippen LogP) is 4.18. The van der Waals surface area contributed by atoms with Gasteiger partial charge in [-0.1, -0.05) is 52.2 Å². The van der Waals surface area contributed by atoms with Crippen LogP contribution in [0.1, 0.15) is 86.0 Å². The predicted molar refractivity (Wildman–Crippen MR) is 157 cm³/mol. The zero-order valence-corrected chi connectivity index (χ0v) is 25.6. The minimum absolute atomic E-state index is 0.0101. The van der Waals surface area contributed by atoms with Gasteiger partial charge < -0.3 is 24.5 Å². The van der Waals surface area contributed by atoms with Gasteiger partial charge in [0.25, 0.3) is 0 Å². The molecule has 1 spiro atoms.